The van der Waals surface area contributed by atoms with Crippen molar-refractivity contribution in [3.8, 4) is 0 Å². The number of ether oxygens (including phenoxy) is 1. The molecule has 4 rings (SSSR count). The molecule has 2 aliphatic rings. The normalized spacial score (nSPS) is 17.8. The number of aryl methyl sites for hydroxylation is 2. The van der Waals surface area contributed by atoms with Gasteiger partial charge in [-0.2, -0.15) is 0 Å². The number of carbonyl (C=O) groups excluding carboxylic acids is 1. The lowest BCUT2D eigenvalue weighted by atomic mass is 10.0. The van der Waals surface area contributed by atoms with Crippen LogP contribution in [-0.4, -0.2) is 57.8 Å². The van der Waals surface area contributed by atoms with Gasteiger partial charge in [0.05, 0.1) is 29.9 Å². The van der Waals surface area contributed by atoms with E-state index in [1.54, 1.807) is 12.1 Å². The number of benzene rings is 2. The predicted molar refractivity (Wildman–Crippen MR) is 120 cm³/mol. The molecule has 0 radical (unpaired) electrons. The largest absolute Gasteiger partial charge is 0.379 e. The molecule has 1 fully saturated rings. The number of rotatable bonds is 8. The van der Waals surface area contributed by atoms with Gasteiger partial charge in [0.15, 0.2) is 9.84 Å². The van der Waals surface area contributed by atoms with Gasteiger partial charge in [0, 0.05) is 26.1 Å². The molecular weight excluding hydrogens is 412 g/mol. The minimum absolute atomic E-state index is 0.0377. The van der Waals surface area contributed by atoms with Crippen LogP contribution in [0.15, 0.2) is 53.4 Å². The van der Waals surface area contributed by atoms with Crippen LogP contribution in [0.1, 0.15) is 35.6 Å². The monoisotopic (exact) mass is 442 g/mol. The van der Waals surface area contributed by atoms with Crippen LogP contribution in [0, 0.1) is 0 Å². The van der Waals surface area contributed by atoms with Crippen LogP contribution in [0.25, 0.3) is 0 Å². The number of morpholine rings is 1. The Hall–Kier alpha value is -2.22. The quantitative estimate of drug-likeness (QED) is 0.680. The van der Waals surface area contributed by atoms with E-state index in [1.165, 1.54) is 5.56 Å². The molecule has 1 amide bonds. The summed E-state index contributed by atoms with van der Waals surface area (Å²) in [5, 5.41) is 2.96. The number of amides is 1. The molecule has 1 saturated heterocycles. The second-order valence-electron chi connectivity index (χ2n) is 8.23. The molecule has 1 unspecified atom stereocenters. The van der Waals surface area contributed by atoms with Crippen LogP contribution < -0.4 is 5.32 Å². The van der Waals surface area contributed by atoms with Crippen LogP contribution in [0.3, 0.4) is 0 Å². The Morgan fingerprint density at radius 1 is 1.03 bits per heavy atom. The second kappa shape index (κ2) is 9.94. The highest BCUT2D eigenvalue weighted by Gasteiger charge is 2.24. The summed E-state index contributed by atoms with van der Waals surface area (Å²) < 4.78 is 30.9. The molecule has 2 aromatic rings. The standard InChI is InChI=1S/C24H30N2O4S/c27-24(11-16-31(28,29)22-10-9-19-7-4-8-21(19)17-22)25-18-23(20-5-2-1-3-6-20)26-12-14-30-15-13-26/h1-3,5-6,9-10,17,23H,4,7-8,11-16,18H2,(H,25,27). The molecule has 1 atom stereocenters. The molecule has 0 saturated carbocycles. The van der Waals surface area contributed by atoms with Gasteiger partial charge >= 0.3 is 0 Å². The molecule has 1 N–H and O–H groups in total. The van der Waals surface area contributed by atoms with Crippen LogP contribution >= 0.6 is 0 Å². The van der Waals surface area contributed by atoms with Gasteiger partial charge in [-0.1, -0.05) is 36.4 Å². The van der Waals surface area contributed by atoms with E-state index in [2.05, 4.69) is 22.3 Å². The molecule has 31 heavy (non-hydrogen) atoms. The fourth-order valence-corrected chi connectivity index (χ4v) is 5.69. The first-order valence-electron chi connectivity index (χ1n) is 11.0. The zero-order valence-corrected chi connectivity index (χ0v) is 18.6. The summed E-state index contributed by atoms with van der Waals surface area (Å²) in [4.78, 5) is 15.1. The number of carbonyl (C=O) groups is 1. The summed E-state index contributed by atoms with van der Waals surface area (Å²) in [6.45, 7) is 3.42. The van der Waals surface area contributed by atoms with Crippen molar-refractivity contribution in [2.24, 2.45) is 0 Å². The first-order valence-corrected chi connectivity index (χ1v) is 12.7. The number of hydrogen-bond acceptors (Lipinski definition) is 5. The van der Waals surface area contributed by atoms with Gasteiger partial charge in [-0.25, -0.2) is 8.42 Å². The fraction of sp³-hybridized carbons (Fsp3) is 0.458. The van der Waals surface area contributed by atoms with E-state index in [1.807, 2.05) is 24.3 Å². The summed E-state index contributed by atoms with van der Waals surface area (Å²) in [7, 11) is -3.48. The van der Waals surface area contributed by atoms with Crippen molar-refractivity contribution in [1.29, 1.82) is 0 Å². The SMILES string of the molecule is O=C(CCS(=O)(=O)c1ccc2c(c1)CCC2)NCC(c1ccccc1)N1CCOCC1. The van der Waals surface area contributed by atoms with Gasteiger partial charge in [0.2, 0.25) is 5.91 Å². The van der Waals surface area contributed by atoms with Crippen molar-refractivity contribution in [3.05, 3.63) is 65.2 Å². The summed E-state index contributed by atoms with van der Waals surface area (Å²) in [5.41, 5.74) is 3.50. The Bertz CT molecular complexity index is 1000. The Morgan fingerprint density at radius 2 is 1.77 bits per heavy atom. The molecule has 6 nitrogen and oxygen atoms in total. The Kier molecular flexibility index (Phi) is 7.05. The third kappa shape index (κ3) is 5.53. The average Bonchev–Trinajstić information content (AvgIpc) is 3.27. The minimum atomic E-state index is -3.48. The van der Waals surface area contributed by atoms with Gasteiger partial charge in [0.1, 0.15) is 0 Å². The van der Waals surface area contributed by atoms with E-state index >= 15 is 0 Å². The van der Waals surface area contributed by atoms with Crippen molar-refractivity contribution in [2.75, 3.05) is 38.6 Å². The molecular formula is C24H30N2O4S. The summed E-state index contributed by atoms with van der Waals surface area (Å²) in [6, 6.07) is 15.5. The van der Waals surface area contributed by atoms with Crippen molar-refractivity contribution in [3.63, 3.8) is 0 Å². The van der Waals surface area contributed by atoms with Crippen molar-refractivity contribution >= 4 is 15.7 Å². The van der Waals surface area contributed by atoms with Crippen molar-refractivity contribution in [1.82, 2.24) is 10.2 Å². The van der Waals surface area contributed by atoms with E-state index < -0.39 is 9.84 Å². The highest BCUT2D eigenvalue weighted by atomic mass is 32.2. The minimum Gasteiger partial charge on any atom is -0.379 e. The lowest BCUT2D eigenvalue weighted by Gasteiger charge is -2.35. The predicted octanol–water partition coefficient (Wildman–Crippen LogP) is 2.53. The Balaban J connectivity index is 1.35. The molecule has 1 aliphatic carbocycles. The average molecular weight is 443 g/mol. The van der Waals surface area contributed by atoms with Crippen LogP contribution in [-0.2, 0) is 32.2 Å². The Labute approximate surface area is 184 Å². The number of fused-ring (bicyclic) bond motifs is 1. The lowest BCUT2D eigenvalue weighted by molar-refractivity contribution is -0.121. The summed E-state index contributed by atoms with van der Waals surface area (Å²) in [5.74, 6) is -0.413. The number of hydrogen-bond donors (Lipinski definition) is 1. The number of nitrogens with one attached hydrogen (secondary N) is 1. The molecule has 1 aliphatic heterocycles. The third-order valence-electron chi connectivity index (χ3n) is 6.19. The molecule has 1 heterocycles. The van der Waals surface area contributed by atoms with E-state index in [0.717, 1.165) is 43.5 Å². The maximum Gasteiger partial charge on any atom is 0.221 e. The maximum atomic E-state index is 12.7. The number of nitrogens with zero attached hydrogens (tertiary/aromatic N) is 1. The van der Waals surface area contributed by atoms with Crippen molar-refractivity contribution in [2.45, 2.75) is 36.6 Å². The molecule has 7 heteroatoms. The van der Waals surface area contributed by atoms with Gasteiger partial charge in [-0.15, -0.1) is 0 Å². The zero-order chi connectivity index (χ0) is 21.7. The van der Waals surface area contributed by atoms with Crippen molar-refractivity contribution < 1.29 is 17.9 Å². The third-order valence-corrected chi connectivity index (χ3v) is 7.90. The first-order chi connectivity index (χ1) is 15.0. The van der Waals surface area contributed by atoms with E-state index in [4.69, 9.17) is 4.74 Å². The zero-order valence-electron chi connectivity index (χ0n) is 17.8. The molecule has 166 valence electrons. The fourth-order valence-electron chi connectivity index (χ4n) is 4.41. The topological polar surface area (TPSA) is 75.7 Å². The first kappa shape index (κ1) is 22.0. The second-order valence-corrected chi connectivity index (χ2v) is 10.3. The van der Waals surface area contributed by atoms with E-state index in [0.29, 0.717) is 24.7 Å². The van der Waals surface area contributed by atoms with Gasteiger partial charge in [-0.3, -0.25) is 9.69 Å². The summed E-state index contributed by atoms with van der Waals surface area (Å²) >= 11 is 0. The lowest BCUT2D eigenvalue weighted by Crippen LogP contribution is -2.44. The van der Waals surface area contributed by atoms with Crippen LogP contribution in [0.4, 0.5) is 0 Å². The van der Waals surface area contributed by atoms with Gasteiger partial charge in [0.25, 0.3) is 0 Å². The van der Waals surface area contributed by atoms with Gasteiger partial charge in [-0.05, 0) is 48.1 Å². The maximum absolute atomic E-state index is 12.7. The summed E-state index contributed by atoms with van der Waals surface area (Å²) in [6.07, 6.45) is 2.99. The van der Waals surface area contributed by atoms with E-state index in [-0.39, 0.29) is 24.1 Å². The molecule has 0 bridgehead atoms. The van der Waals surface area contributed by atoms with Crippen LogP contribution in [0.5, 0.6) is 0 Å². The highest BCUT2D eigenvalue weighted by Crippen LogP contribution is 2.25. The molecule has 0 aromatic heterocycles. The smallest absolute Gasteiger partial charge is 0.221 e. The van der Waals surface area contributed by atoms with Gasteiger partial charge < -0.3 is 10.1 Å². The number of sulfone groups is 1. The molecule has 0 spiro atoms. The highest BCUT2D eigenvalue weighted by molar-refractivity contribution is 7.91. The van der Waals surface area contributed by atoms with E-state index in [9.17, 15) is 13.2 Å². The molecule has 2 aromatic carbocycles. The Morgan fingerprint density at radius 3 is 2.55 bits per heavy atom. The van der Waals surface area contributed by atoms with Crippen LogP contribution in [0.2, 0.25) is 0 Å².